The number of carbonyl (C=O) groups is 1. The van der Waals surface area contributed by atoms with Crippen molar-refractivity contribution in [1.82, 2.24) is 0 Å². The van der Waals surface area contributed by atoms with Crippen LogP contribution in [0.5, 0.6) is 0 Å². The predicted molar refractivity (Wildman–Crippen MR) is 102 cm³/mol. The van der Waals surface area contributed by atoms with E-state index in [0.29, 0.717) is 12.5 Å². The number of carbonyl (C=O) groups excluding carboxylic acids is 1. The zero-order chi connectivity index (χ0) is 18.4. The van der Waals surface area contributed by atoms with Crippen LogP contribution in [0, 0.1) is 5.92 Å². The van der Waals surface area contributed by atoms with Crippen LogP contribution in [0.25, 0.3) is 0 Å². The van der Waals surface area contributed by atoms with E-state index in [2.05, 4.69) is 20.8 Å². The predicted octanol–water partition coefficient (Wildman–Crippen LogP) is 5.63. The lowest BCUT2D eigenvalue weighted by Gasteiger charge is -2.37. The first-order valence-electron chi connectivity index (χ1n) is 10.6. The van der Waals surface area contributed by atoms with Gasteiger partial charge in [0, 0.05) is 6.42 Å². The zero-order valence-corrected chi connectivity index (χ0v) is 16.8. The van der Waals surface area contributed by atoms with Gasteiger partial charge in [-0.25, -0.2) is 0 Å². The number of rotatable bonds is 15. The van der Waals surface area contributed by atoms with E-state index in [-0.39, 0.29) is 19.0 Å². The van der Waals surface area contributed by atoms with Crippen LogP contribution in [0.3, 0.4) is 0 Å². The first-order valence-corrected chi connectivity index (χ1v) is 10.6. The molecule has 0 spiro atoms. The van der Waals surface area contributed by atoms with E-state index >= 15 is 0 Å². The van der Waals surface area contributed by atoms with Gasteiger partial charge in [-0.3, -0.25) is 4.79 Å². The van der Waals surface area contributed by atoms with E-state index < -0.39 is 5.97 Å². The van der Waals surface area contributed by atoms with E-state index in [1.165, 1.54) is 57.8 Å². The molecule has 0 N–H and O–H groups in total. The molecule has 0 bridgehead atoms. The van der Waals surface area contributed by atoms with Crippen LogP contribution in [0.1, 0.15) is 97.8 Å². The Hall–Kier alpha value is -0.450. The van der Waals surface area contributed by atoms with Crippen LogP contribution >= 0.6 is 0 Å². The number of unbranched alkanes of at least 4 members (excludes halogenated alkanes) is 7. The molecule has 1 aliphatic rings. The van der Waals surface area contributed by atoms with Crippen molar-refractivity contribution >= 4 is 5.78 Å². The van der Waals surface area contributed by atoms with Gasteiger partial charge in [0.25, 0.3) is 5.97 Å². The number of ether oxygens (including phenoxy) is 3. The maximum atomic E-state index is 11.5. The summed E-state index contributed by atoms with van der Waals surface area (Å²) in [4.78, 5) is 11.5. The molecule has 0 aromatic heterocycles. The van der Waals surface area contributed by atoms with Gasteiger partial charge in [-0.2, -0.15) is 0 Å². The van der Waals surface area contributed by atoms with Crippen molar-refractivity contribution in [2.75, 3.05) is 19.8 Å². The monoisotopic (exact) mass is 356 g/mol. The second kappa shape index (κ2) is 13.7. The molecule has 1 atom stereocenters. The number of Topliss-reactive ketones (excluding diaryl/α,β-unsaturated/α-hetero) is 1. The smallest absolute Gasteiger partial charge is 0.283 e. The Balaban J connectivity index is 2.38. The fourth-order valence-electron chi connectivity index (χ4n) is 3.21. The Kier molecular flexibility index (Phi) is 12.4. The third-order valence-corrected chi connectivity index (χ3v) is 5.07. The highest BCUT2D eigenvalue weighted by Crippen LogP contribution is 2.28. The molecule has 0 aromatic rings. The standard InChI is InChI=1S/C21H40O4/c1-4-7-9-10-11-12-13-15-21(24-17-20(22)18-25-21)23-16-19(6-3)14-8-5-2/h19H,4-18H2,1-3H3. The van der Waals surface area contributed by atoms with E-state index in [0.717, 1.165) is 19.3 Å². The highest BCUT2D eigenvalue weighted by molar-refractivity contribution is 5.81. The lowest BCUT2D eigenvalue weighted by atomic mass is 10.0. The van der Waals surface area contributed by atoms with Crippen LogP contribution in [0.15, 0.2) is 0 Å². The largest absolute Gasteiger partial charge is 0.327 e. The van der Waals surface area contributed by atoms with Crippen LogP contribution < -0.4 is 0 Å². The number of ketones is 1. The highest BCUT2D eigenvalue weighted by atomic mass is 16.9. The molecule has 1 rings (SSSR count). The third-order valence-electron chi connectivity index (χ3n) is 5.07. The minimum absolute atomic E-state index is 0.00295. The molecule has 25 heavy (non-hydrogen) atoms. The molecule has 0 saturated carbocycles. The van der Waals surface area contributed by atoms with E-state index in [9.17, 15) is 4.79 Å². The number of hydrogen-bond acceptors (Lipinski definition) is 4. The fourth-order valence-corrected chi connectivity index (χ4v) is 3.21. The average Bonchev–Trinajstić information content (AvgIpc) is 2.63. The molecule has 0 aliphatic carbocycles. The van der Waals surface area contributed by atoms with Gasteiger partial charge in [-0.05, 0) is 18.8 Å². The van der Waals surface area contributed by atoms with E-state index in [1.54, 1.807) is 0 Å². The molecule has 0 radical (unpaired) electrons. The van der Waals surface area contributed by atoms with Crippen molar-refractivity contribution in [3.63, 3.8) is 0 Å². The maximum absolute atomic E-state index is 11.5. The van der Waals surface area contributed by atoms with Gasteiger partial charge in [-0.1, -0.05) is 78.6 Å². The summed E-state index contributed by atoms with van der Waals surface area (Å²) < 4.78 is 17.6. The van der Waals surface area contributed by atoms with Gasteiger partial charge >= 0.3 is 0 Å². The van der Waals surface area contributed by atoms with Gasteiger partial charge in [0.2, 0.25) is 0 Å². The first kappa shape index (κ1) is 22.6. The Bertz CT molecular complexity index is 333. The molecule has 4 heteroatoms. The molecule has 148 valence electrons. The van der Waals surface area contributed by atoms with Gasteiger partial charge in [0.15, 0.2) is 5.78 Å². The van der Waals surface area contributed by atoms with E-state index in [1.807, 2.05) is 0 Å². The molecule has 1 aliphatic heterocycles. The quantitative estimate of drug-likeness (QED) is 0.357. The van der Waals surface area contributed by atoms with Crippen LogP contribution in [-0.2, 0) is 19.0 Å². The first-order chi connectivity index (χ1) is 12.2. The topological polar surface area (TPSA) is 44.8 Å². The highest BCUT2D eigenvalue weighted by Gasteiger charge is 2.38. The molecule has 1 saturated heterocycles. The second-order valence-electron chi connectivity index (χ2n) is 7.40. The number of hydrogen-bond donors (Lipinski definition) is 0. The Labute approximate surface area is 155 Å². The van der Waals surface area contributed by atoms with Gasteiger partial charge < -0.3 is 14.2 Å². The SMILES string of the molecule is CCCCCCCCCC1(OCC(CC)CCCC)OCC(=O)CO1. The Morgan fingerprint density at radius 1 is 0.920 bits per heavy atom. The van der Waals surface area contributed by atoms with Crippen molar-refractivity contribution in [2.45, 2.75) is 104 Å². The molecule has 0 amide bonds. The van der Waals surface area contributed by atoms with Gasteiger partial charge in [0.1, 0.15) is 13.2 Å². The molecular formula is C21H40O4. The van der Waals surface area contributed by atoms with Crippen molar-refractivity contribution < 1.29 is 19.0 Å². The molecule has 1 heterocycles. The third kappa shape index (κ3) is 9.72. The second-order valence-corrected chi connectivity index (χ2v) is 7.40. The lowest BCUT2D eigenvalue weighted by molar-refractivity contribution is -0.392. The Morgan fingerprint density at radius 2 is 1.52 bits per heavy atom. The van der Waals surface area contributed by atoms with Crippen molar-refractivity contribution in [3.8, 4) is 0 Å². The minimum Gasteiger partial charge on any atom is -0.327 e. The maximum Gasteiger partial charge on any atom is 0.283 e. The fraction of sp³-hybridized carbons (Fsp3) is 0.952. The summed E-state index contributed by atoms with van der Waals surface area (Å²) in [5.74, 6) is -0.454. The summed E-state index contributed by atoms with van der Waals surface area (Å²) in [6, 6.07) is 0. The normalized spacial score (nSPS) is 18.4. The summed E-state index contributed by atoms with van der Waals surface area (Å²) in [6.07, 6.45) is 14.1. The summed E-state index contributed by atoms with van der Waals surface area (Å²) >= 11 is 0. The summed E-state index contributed by atoms with van der Waals surface area (Å²) in [7, 11) is 0. The average molecular weight is 357 g/mol. The molecular weight excluding hydrogens is 316 g/mol. The zero-order valence-electron chi connectivity index (χ0n) is 16.8. The van der Waals surface area contributed by atoms with E-state index in [4.69, 9.17) is 14.2 Å². The summed E-state index contributed by atoms with van der Waals surface area (Å²) in [5.41, 5.74) is 0. The summed E-state index contributed by atoms with van der Waals surface area (Å²) in [6.45, 7) is 7.54. The van der Waals surface area contributed by atoms with Crippen molar-refractivity contribution in [2.24, 2.45) is 5.92 Å². The van der Waals surface area contributed by atoms with Crippen molar-refractivity contribution in [3.05, 3.63) is 0 Å². The minimum atomic E-state index is -0.989. The Morgan fingerprint density at radius 3 is 2.12 bits per heavy atom. The van der Waals surface area contributed by atoms with Crippen molar-refractivity contribution in [1.29, 1.82) is 0 Å². The van der Waals surface area contributed by atoms with Gasteiger partial charge in [0.05, 0.1) is 6.61 Å². The van der Waals surface area contributed by atoms with Crippen LogP contribution in [-0.4, -0.2) is 31.6 Å². The molecule has 1 fully saturated rings. The molecule has 4 nitrogen and oxygen atoms in total. The molecule has 0 aromatic carbocycles. The van der Waals surface area contributed by atoms with Crippen LogP contribution in [0.4, 0.5) is 0 Å². The lowest BCUT2D eigenvalue weighted by Crippen LogP contribution is -2.47. The molecule has 1 unspecified atom stereocenters. The van der Waals surface area contributed by atoms with Gasteiger partial charge in [-0.15, -0.1) is 0 Å². The van der Waals surface area contributed by atoms with Crippen LogP contribution in [0.2, 0.25) is 0 Å². The summed E-state index contributed by atoms with van der Waals surface area (Å²) in [5, 5.41) is 0.